The van der Waals surface area contributed by atoms with E-state index in [4.69, 9.17) is 37.0 Å². The number of phosphoric ester groups is 2. The minimum atomic E-state index is -4.96. The molecule has 3 N–H and O–H groups in total. The molecule has 5 atom stereocenters. The van der Waals surface area contributed by atoms with Crippen LogP contribution in [0.1, 0.15) is 413 Å². The molecule has 0 aliphatic carbocycles. The number of aliphatic hydroxyl groups is 1. The molecule has 0 aliphatic rings. The minimum Gasteiger partial charge on any atom is -0.462 e. The SMILES string of the molecule is CCCCCCCCCCCCCCCCCCCCC(=O)O[C@H](COC(=O)CCCCCCCCCCCCCCCC)COP(=O)(O)OC[C@@H](O)COP(=O)(O)OC[C@@H](COC(=O)CCCCCCCCCCCCCC)OC(=O)CCCCCCCCCCCCCC. The largest absolute Gasteiger partial charge is 0.472 e. The fourth-order valence-electron chi connectivity index (χ4n) is 11.9. The van der Waals surface area contributed by atoms with Crippen molar-refractivity contribution in [2.45, 2.75) is 431 Å². The molecule has 0 rings (SSSR count). The quantitative estimate of drug-likeness (QED) is 0.0222. The average molecular weight is 1410 g/mol. The van der Waals surface area contributed by atoms with Crippen LogP contribution in [-0.2, 0) is 65.4 Å². The first-order valence-electron chi connectivity index (χ1n) is 40.3. The fourth-order valence-corrected chi connectivity index (χ4v) is 13.5. The van der Waals surface area contributed by atoms with E-state index < -0.39 is 97.5 Å². The molecule has 0 heterocycles. The molecule has 0 aromatic rings. The summed E-state index contributed by atoms with van der Waals surface area (Å²) in [5, 5.41) is 10.6. The highest BCUT2D eigenvalue weighted by molar-refractivity contribution is 7.47. The number of hydrogen-bond acceptors (Lipinski definition) is 15. The molecule has 2 unspecified atom stereocenters. The van der Waals surface area contributed by atoms with E-state index in [1.807, 2.05) is 0 Å². The summed E-state index contributed by atoms with van der Waals surface area (Å²) in [4.78, 5) is 72.9. The molecule has 0 fully saturated rings. The van der Waals surface area contributed by atoms with Gasteiger partial charge in [0.2, 0.25) is 0 Å². The summed E-state index contributed by atoms with van der Waals surface area (Å²) in [5.41, 5.74) is 0. The number of rotatable bonds is 78. The van der Waals surface area contributed by atoms with E-state index in [2.05, 4.69) is 27.7 Å². The lowest BCUT2D eigenvalue weighted by Crippen LogP contribution is -2.30. The third kappa shape index (κ3) is 70.5. The number of phosphoric acid groups is 2. The van der Waals surface area contributed by atoms with Crippen LogP contribution in [0, 0.1) is 0 Å². The summed E-state index contributed by atoms with van der Waals surface area (Å²) >= 11 is 0. The molecule has 17 nitrogen and oxygen atoms in total. The van der Waals surface area contributed by atoms with Crippen LogP contribution in [0.4, 0.5) is 0 Å². The first-order valence-corrected chi connectivity index (χ1v) is 43.3. The Balaban J connectivity index is 5.24. The van der Waals surface area contributed by atoms with Crippen molar-refractivity contribution in [1.82, 2.24) is 0 Å². The summed E-state index contributed by atoms with van der Waals surface area (Å²) < 4.78 is 68.6. The van der Waals surface area contributed by atoms with Crippen LogP contribution in [0.15, 0.2) is 0 Å². The van der Waals surface area contributed by atoms with Gasteiger partial charge in [0.1, 0.15) is 19.3 Å². The minimum absolute atomic E-state index is 0.108. The van der Waals surface area contributed by atoms with E-state index in [1.165, 1.54) is 244 Å². The van der Waals surface area contributed by atoms with Gasteiger partial charge >= 0.3 is 39.5 Å². The molecule has 96 heavy (non-hydrogen) atoms. The van der Waals surface area contributed by atoms with Gasteiger partial charge in [-0.1, -0.05) is 362 Å². The molecule has 0 bridgehead atoms. The van der Waals surface area contributed by atoms with Gasteiger partial charge in [-0.2, -0.15) is 0 Å². The van der Waals surface area contributed by atoms with E-state index in [1.54, 1.807) is 0 Å². The Bertz CT molecular complexity index is 1830. The van der Waals surface area contributed by atoms with Gasteiger partial charge in [-0.05, 0) is 25.7 Å². The predicted octanol–water partition coefficient (Wildman–Crippen LogP) is 23.0. The molecule has 0 saturated heterocycles. The van der Waals surface area contributed by atoms with Crippen LogP contribution in [0.3, 0.4) is 0 Å². The molecule has 0 amide bonds. The zero-order chi connectivity index (χ0) is 70.4. The van der Waals surface area contributed by atoms with Gasteiger partial charge in [0.05, 0.1) is 26.4 Å². The fraction of sp³-hybridized carbons (Fsp3) is 0.948. The van der Waals surface area contributed by atoms with E-state index in [0.29, 0.717) is 25.7 Å². The summed E-state index contributed by atoms with van der Waals surface area (Å²) in [7, 11) is -9.91. The number of ether oxygens (including phenoxy) is 4. The van der Waals surface area contributed by atoms with Crippen LogP contribution >= 0.6 is 15.6 Å². The van der Waals surface area contributed by atoms with E-state index >= 15 is 0 Å². The van der Waals surface area contributed by atoms with Gasteiger partial charge in [0.15, 0.2) is 12.2 Å². The smallest absolute Gasteiger partial charge is 0.462 e. The highest BCUT2D eigenvalue weighted by Gasteiger charge is 2.30. The first kappa shape index (κ1) is 94.1. The first-order chi connectivity index (χ1) is 46.7. The van der Waals surface area contributed by atoms with Crippen molar-refractivity contribution in [3.8, 4) is 0 Å². The summed E-state index contributed by atoms with van der Waals surface area (Å²) in [6.45, 7) is 5.01. The van der Waals surface area contributed by atoms with Gasteiger partial charge in [-0.15, -0.1) is 0 Å². The highest BCUT2D eigenvalue weighted by Crippen LogP contribution is 2.45. The third-order valence-corrected chi connectivity index (χ3v) is 20.0. The Morgan fingerprint density at radius 2 is 0.417 bits per heavy atom. The van der Waals surface area contributed by atoms with Crippen molar-refractivity contribution in [2.75, 3.05) is 39.6 Å². The highest BCUT2D eigenvalue weighted by atomic mass is 31.2. The van der Waals surface area contributed by atoms with Crippen LogP contribution in [0.2, 0.25) is 0 Å². The number of unbranched alkanes of at least 4 members (excludes halogenated alkanes) is 52. The van der Waals surface area contributed by atoms with Crippen molar-refractivity contribution in [3.05, 3.63) is 0 Å². The zero-order valence-electron chi connectivity index (χ0n) is 62.4. The maximum Gasteiger partial charge on any atom is 0.472 e. The Labute approximate surface area is 588 Å². The Morgan fingerprint density at radius 1 is 0.250 bits per heavy atom. The number of carbonyl (C=O) groups excluding carboxylic acids is 4. The molecule has 0 aromatic heterocycles. The molecule has 0 spiro atoms. The third-order valence-electron chi connectivity index (χ3n) is 18.1. The molecule has 0 aliphatic heterocycles. The average Bonchev–Trinajstić information content (AvgIpc) is 1.14. The molecule has 0 radical (unpaired) electrons. The van der Waals surface area contributed by atoms with Crippen molar-refractivity contribution in [3.63, 3.8) is 0 Å². The van der Waals surface area contributed by atoms with Gasteiger partial charge in [0, 0.05) is 25.7 Å². The Kier molecular flexibility index (Phi) is 70.0. The Morgan fingerprint density at radius 3 is 0.615 bits per heavy atom. The van der Waals surface area contributed by atoms with E-state index in [-0.39, 0.29) is 25.7 Å². The monoisotopic (exact) mass is 1410 g/mol. The second kappa shape index (κ2) is 71.5. The van der Waals surface area contributed by atoms with Crippen molar-refractivity contribution in [1.29, 1.82) is 0 Å². The lowest BCUT2D eigenvalue weighted by atomic mass is 10.0. The summed E-state index contributed by atoms with van der Waals surface area (Å²) in [6.07, 6.45) is 62.2. The maximum atomic E-state index is 13.1. The number of hydrogen-bond donors (Lipinski definition) is 3. The summed E-state index contributed by atoms with van der Waals surface area (Å²) in [5.74, 6) is -2.11. The van der Waals surface area contributed by atoms with Gasteiger partial charge in [-0.3, -0.25) is 37.3 Å². The number of aliphatic hydroxyl groups excluding tert-OH is 1. The van der Waals surface area contributed by atoms with E-state index in [9.17, 15) is 43.2 Å². The Hall–Kier alpha value is -1.94. The van der Waals surface area contributed by atoms with E-state index in [0.717, 1.165) is 89.9 Å². The number of carbonyl (C=O) groups is 4. The lowest BCUT2D eigenvalue weighted by Gasteiger charge is -2.21. The maximum absolute atomic E-state index is 13.1. The van der Waals surface area contributed by atoms with Crippen LogP contribution in [0.5, 0.6) is 0 Å². The van der Waals surface area contributed by atoms with Crippen LogP contribution in [-0.4, -0.2) is 96.7 Å². The standard InChI is InChI=1S/C77H150O17P2/c1-5-9-13-17-21-25-29-33-35-36-37-38-40-44-48-52-56-60-64-77(82)94-73(68-88-75(80)62-58-54-50-46-43-39-34-30-26-22-18-14-10-6-2)70-92-96(85,86)90-66-71(78)65-89-95(83,84)91-69-72(93-76(81)63-59-55-51-47-42-32-28-24-20-16-12-8-4)67-87-74(79)61-57-53-49-45-41-31-27-23-19-15-11-7-3/h71-73,78H,5-70H2,1-4H3,(H,83,84)(H,85,86)/t71-,72+,73+/m0/s1. The molecule has 570 valence electrons. The van der Waals surface area contributed by atoms with Crippen molar-refractivity contribution >= 4 is 39.5 Å². The summed E-state index contributed by atoms with van der Waals surface area (Å²) in [6, 6.07) is 0. The van der Waals surface area contributed by atoms with Crippen LogP contribution < -0.4 is 0 Å². The van der Waals surface area contributed by atoms with Crippen LogP contribution in [0.25, 0.3) is 0 Å². The normalized spacial score (nSPS) is 13.9. The van der Waals surface area contributed by atoms with Crippen molar-refractivity contribution < 1.29 is 80.2 Å². The molecule has 0 aromatic carbocycles. The number of esters is 4. The second-order valence-corrected chi connectivity index (χ2v) is 30.7. The predicted molar refractivity (Wildman–Crippen MR) is 391 cm³/mol. The van der Waals surface area contributed by atoms with Gasteiger partial charge in [0.25, 0.3) is 0 Å². The lowest BCUT2D eigenvalue weighted by molar-refractivity contribution is -0.161. The zero-order valence-corrected chi connectivity index (χ0v) is 64.1. The van der Waals surface area contributed by atoms with Crippen molar-refractivity contribution in [2.24, 2.45) is 0 Å². The second-order valence-electron chi connectivity index (χ2n) is 27.7. The molecular weight excluding hydrogens is 1260 g/mol. The van der Waals surface area contributed by atoms with Gasteiger partial charge in [-0.25, -0.2) is 9.13 Å². The molecule has 0 saturated carbocycles. The topological polar surface area (TPSA) is 237 Å². The van der Waals surface area contributed by atoms with Gasteiger partial charge < -0.3 is 33.8 Å². The molecular formula is C77H150O17P2. The molecule has 19 heteroatoms.